The fourth-order valence-corrected chi connectivity index (χ4v) is 4.90. The molecule has 3 rings (SSSR count). The molecule has 0 N–H and O–H groups in total. The van der Waals surface area contributed by atoms with Crippen LogP contribution in [0.5, 0.6) is 0 Å². The van der Waals surface area contributed by atoms with Crippen molar-refractivity contribution < 1.29 is 19.1 Å². The van der Waals surface area contributed by atoms with Crippen LogP contribution in [0.25, 0.3) is 0 Å². The molecule has 130 valence electrons. The van der Waals surface area contributed by atoms with Gasteiger partial charge in [0, 0.05) is 5.75 Å². The molecule has 5 heteroatoms. The van der Waals surface area contributed by atoms with Gasteiger partial charge in [0.15, 0.2) is 0 Å². The zero-order valence-corrected chi connectivity index (χ0v) is 14.7. The first-order valence-electron chi connectivity index (χ1n) is 9.16. The number of ether oxygens (including phenoxy) is 2. The Morgan fingerprint density at radius 1 is 1.04 bits per heavy atom. The van der Waals surface area contributed by atoms with Crippen LogP contribution < -0.4 is 0 Å². The lowest BCUT2D eigenvalue weighted by atomic mass is 9.86. The number of thioether (sulfide) groups is 1. The van der Waals surface area contributed by atoms with Gasteiger partial charge in [-0.05, 0) is 49.7 Å². The third-order valence-corrected chi connectivity index (χ3v) is 6.69. The maximum atomic E-state index is 12.3. The Kier molecular flexibility index (Phi) is 6.26. The van der Waals surface area contributed by atoms with E-state index in [0.29, 0.717) is 18.4 Å². The summed E-state index contributed by atoms with van der Waals surface area (Å²) in [6.07, 6.45) is 8.95. The van der Waals surface area contributed by atoms with E-state index in [2.05, 4.69) is 0 Å². The van der Waals surface area contributed by atoms with E-state index < -0.39 is 0 Å². The van der Waals surface area contributed by atoms with E-state index in [-0.39, 0.29) is 30.4 Å². The molecular formula is C18H28O4S. The zero-order chi connectivity index (χ0) is 16.1. The molecule has 1 saturated heterocycles. The predicted octanol–water partition coefficient (Wildman–Crippen LogP) is 3.57. The van der Waals surface area contributed by atoms with E-state index in [4.69, 9.17) is 9.47 Å². The minimum Gasteiger partial charge on any atom is -0.465 e. The second kappa shape index (κ2) is 8.41. The molecule has 4 nitrogen and oxygen atoms in total. The van der Waals surface area contributed by atoms with E-state index >= 15 is 0 Å². The van der Waals surface area contributed by atoms with Crippen molar-refractivity contribution in [1.29, 1.82) is 0 Å². The van der Waals surface area contributed by atoms with E-state index in [0.717, 1.165) is 30.8 Å². The Bertz CT molecular complexity index is 409. The summed E-state index contributed by atoms with van der Waals surface area (Å²) in [5.74, 6) is 2.53. The molecule has 1 heterocycles. The molecule has 3 fully saturated rings. The van der Waals surface area contributed by atoms with Crippen molar-refractivity contribution in [3.8, 4) is 0 Å². The lowest BCUT2D eigenvalue weighted by molar-refractivity contribution is -0.161. The number of rotatable bonds is 7. The van der Waals surface area contributed by atoms with Crippen LogP contribution in [0.2, 0.25) is 0 Å². The monoisotopic (exact) mass is 340 g/mol. The fourth-order valence-electron chi connectivity index (χ4n) is 3.69. The molecule has 2 unspecified atom stereocenters. The van der Waals surface area contributed by atoms with Crippen molar-refractivity contribution >= 4 is 23.7 Å². The smallest absolute Gasteiger partial charge is 0.310 e. The number of esters is 2. The number of hydrogen-bond donors (Lipinski definition) is 0. The molecule has 0 aromatic heterocycles. The third kappa shape index (κ3) is 4.88. The summed E-state index contributed by atoms with van der Waals surface area (Å²) < 4.78 is 11.2. The molecule has 0 amide bonds. The molecule has 0 spiro atoms. The summed E-state index contributed by atoms with van der Waals surface area (Å²) >= 11 is 1.81. The van der Waals surface area contributed by atoms with Gasteiger partial charge >= 0.3 is 11.9 Å². The molecule has 0 aromatic rings. The second-order valence-corrected chi connectivity index (χ2v) is 8.41. The lowest BCUT2D eigenvalue weighted by Gasteiger charge is -2.26. The Morgan fingerprint density at radius 2 is 1.83 bits per heavy atom. The van der Waals surface area contributed by atoms with Gasteiger partial charge < -0.3 is 9.47 Å². The van der Waals surface area contributed by atoms with Gasteiger partial charge in [0.1, 0.15) is 6.10 Å². The first-order chi connectivity index (χ1) is 11.2. The zero-order valence-electron chi connectivity index (χ0n) is 13.8. The number of carbonyl (C=O) groups is 2. The summed E-state index contributed by atoms with van der Waals surface area (Å²) in [5, 5.41) is 0. The van der Waals surface area contributed by atoms with Crippen LogP contribution in [-0.2, 0) is 19.1 Å². The average molecular weight is 340 g/mol. The van der Waals surface area contributed by atoms with E-state index in [1.165, 1.54) is 32.1 Å². The summed E-state index contributed by atoms with van der Waals surface area (Å²) in [5.41, 5.74) is 0. The highest BCUT2D eigenvalue weighted by Crippen LogP contribution is 2.33. The molecule has 0 radical (unpaired) electrons. The number of carbonyl (C=O) groups excluding carboxylic acids is 2. The van der Waals surface area contributed by atoms with Gasteiger partial charge in [-0.3, -0.25) is 9.59 Å². The minimum absolute atomic E-state index is 0.0231. The largest absolute Gasteiger partial charge is 0.465 e. The summed E-state index contributed by atoms with van der Waals surface area (Å²) in [6.45, 7) is 0.545. The normalized spacial score (nSPS) is 26.7. The Balaban J connectivity index is 1.49. The van der Waals surface area contributed by atoms with Crippen molar-refractivity contribution in [3.63, 3.8) is 0 Å². The summed E-state index contributed by atoms with van der Waals surface area (Å²) in [7, 11) is 0. The highest BCUT2D eigenvalue weighted by Gasteiger charge is 2.34. The Labute approximate surface area is 143 Å². The van der Waals surface area contributed by atoms with Crippen LogP contribution in [0, 0.1) is 17.8 Å². The average Bonchev–Trinajstić information content (AvgIpc) is 3.18. The Hall–Kier alpha value is -0.710. The highest BCUT2D eigenvalue weighted by molar-refractivity contribution is 7.99. The van der Waals surface area contributed by atoms with Crippen molar-refractivity contribution in [2.75, 3.05) is 18.1 Å². The molecule has 2 saturated carbocycles. The van der Waals surface area contributed by atoms with Gasteiger partial charge in [-0.1, -0.05) is 19.3 Å². The van der Waals surface area contributed by atoms with Crippen LogP contribution in [-0.4, -0.2) is 36.2 Å². The van der Waals surface area contributed by atoms with Crippen molar-refractivity contribution in [1.82, 2.24) is 0 Å². The topological polar surface area (TPSA) is 52.6 Å². The van der Waals surface area contributed by atoms with Crippen LogP contribution in [0.3, 0.4) is 0 Å². The van der Waals surface area contributed by atoms with Crippen molar-refractivity contribution in [2.24, 2.45) is 17.8 Å². The van der Waals surface area contributed by atoms with Crippen molar-refractivity contribution in [3.05, 3.63) is 0 Å². The third-order valence-electron chi connectivity index (χ3n) is 5.53. The molecule has 3 aliphatic rings. The van der Waals surface area contributed by atoms with E-state index in [1.807, 2.05) is 11.8 Å². The number of hydrogen-bond acceptors (Lipinski definition) is 5. The standard InChI is InChI=1S/C18H28O4S/c19-17(21-11-13-4-3-5-13)10-16(14-6-1-2-7-14)22-18(20)15-8-9-23-12-15/h13-16H,1-12H2. The van der Waals surface area contributed by atoms with Crippen LogP contribution >= 0.6 is 11.8 Å². The van der Waals surface area contributed by atoms with E-state index in [1.54, 1.807) is 0 Å². The van der Waals surface area contributed by atoms with Crippen LogP contribution in [0.1, 0.15) is 57.8 Å². The van der Waals surface area contributed by atoms with Gasteiger partial charge in [0.2, 0.25) is 0 Å². The maximum absolute atomic E-state index is 12.3. The maximum Gasteiger partial charge on any atom is 0.310 e. The van der Waals surface area contributed by atoms with Gasteiger partial charge in [-0.15, -0.1) is 0 Å². The minimum atomic E-state index is -0.274. The molecule has 0 aromatic carbocycles. The quantitative estimate of drug-likeness (QED) is 0.663. The molecular weight excluding hydrogens is 312 g/mol. The van der Waals surface area contributed by atoms with Crippen molar-refractivity contribution in [2.45, 2.75) is 63.9 Å². The van der Waals surface area contributed by atoms with E-state index in [9.17, 15) is 9.59 Å². The lowest BCUT2D eigenvalue weighted by Crippen LogP contribution is -2.32. The highest BCUT2D eigenvalue weighted by atomic mass is 32.2. The fraction of sp³-hybridized carbons (Fsp3) is 0.889. The molecule has 2 atom stereocenters. The molecule has 23 heavy (non-hydrogen) atoms. The molecule has 1 aliphatic heterocycles. The summed E-state index contributed by atoms with van der Waals surface area (Å²) in [6, 6.07) is 0. The predicted molar refractivity (Wildman–Crippen MR) is 90.2 cm³/mol. The first-order valence-corrected chi connectivity index (χ1v) is 10.3. The van der Waals surface area contributed by atoms with Crippen LogP contribution in [0.15, 0.2) is 0 Å². The van der Waals surface area contributed by atoms with Gasteiger partial charge in [0.05, 0.1) is 18.9 Å². The summed E-state index contributed by atoms with van der Waals surface area (Å²) in [4.78, 5) is 24.5. The second-order valence-electron chi connectivity index (χ2n) is 7.26. The van der Waals surface area contributed by atoms with Gasteiger partial charge in [0.25, 0.3) is 0 Å². The van der Waals surface area contributed by atoms with Gasteiger partial charge in [-0.25, -0.2) is 0 Å². The van der Waals surface area contributed by atoms with Gasteiger partial charge in [-0.2, -0.15) is 11.8 Å². The first kappa shape index (κ1) is 17.1. The SMILES string of the molecule is O=C(CC(OC(=O)C1CCSC1)C1CCCC1)OCC1CCC1. The molecule has 0 bridgehead atoms. The molecule has 2 aliphatic carbocycles. The Morgan fingerprint density at radius 3 is 2.43 bits per heavy atom. The van der Waals surface area contributed by atoms with Crippen LogP contribution in [0.4, 0.5) is 0 Å².